The molecular weight excluding hydrogens is 521 g/mol. The van der Waals surface area contributed by atoms with Crippen molar-refractivity contribution in [3.8, 4) is 0 Å². The minimum Gasteiger partial charge on any atom is -0.323 e. The second-order valence-corrected chi connectivity index (χ2v) is 11.0. The predicted octanol–water partition coefficient (Wildman–Crippen LogP) is 6.61. The summed E-state index contributed by atoms with van der Waals surface area (Å²) in [5, 5.41) is 2.09. The number of benzene rings is 3. The number of para-hydroxylation sites is 1. The second-order valence-electron chi connectivity index (χ2n) is 7.46. The van der Waals surface area contributed by atoms with Crippen LogP contribution in [0.3, 0.4) is 0 Å². The van der Waals surface area contributed by atoms with Crippen molar-refractivity contribution in [2.45, 2.75) is 29.8 Å². The lowest BCUT2D eigenvalue weighted by Gasteiger charge is -2.25. The zero-order valence-electron chi connectivity index (χ0n) is 18.8. The highest BCUT2D eigenvalue weighted by molar-refractivity contribution is 7.99. The van der Waals surface area contributed by atoms with E-state index in [2.05, 4.69) is 5.32 Å². The number of nitrogens with one attached hydrogen (secondary N) is 1. The molecule has 0 bridgehead atoms. The molecule has 3 rings (SSSR count). The Kier molecular flexibility index (Phi) is 8.40. The van der Waals surface area contributed by atoms with Gasteiger partial charge in [-0.2, -0.15) is 13.2 Å². The van der Waals surface area contributed by atoms with Crippen LogP contribution in [0.25, 0.3) is 0 Å². The number of amides is 1. The minimum atomic E-state index is -4.81. The molecule has 0 fully saturated rings. The molecule has 1 amide bonds. The summed E-state index contributed by atoms with van der Waals surface area (Å²) in [5.41, 5.74) is -0.271. The Bertz CT molecular complexity index is 1310. The second kappa shape index (κ2) is 10.9. The van der Waals surface area contributed by atoms with Gasteiger partial charge >= 0.3 is 6.18 Å². The number of rotatable bonds is 8. The smallest absolute Gasteiger partial charge is 0.323 e. The maximum atomic E-state index is 13.5. The standard InChI is InChI=1S/C24H22ClF3N2O3S2/c1-3-34-22-7-5-4-6-21(22)29-23(31)15-30(35(32,33)18-11-8-16(2)9-12-18)17-10-13-20(25)19(14-17)24(26,27)28/h4-14H,3,15H2,1-2H3,(H,29,31). The van der Waals surface area contributed by atoms with E-state index < -0.39 is 39.2 Å². The van der Waals surface area contributed by atoms with Crippen molar-refractivity contribution in [3.63, 3.8) is 0 Å². The van der Waals surface area contributed by atoms with E-state index in [1.54, 1.807) is 43.3 Å². The predicted molar refractivity (Wildman–Crippen MR) is 134 cm³/mol. The summed E-state index contributed by atoms with van der Waals surface area (Å²) in [6, 6.07) is 15.5. The third-order valence-electron chi connectivity index (χ3n) is 4.90. The number of alkyl halides is 3. The van der Waals surface area contributed by atoms with Crippen LogP contribution in [0.5, 0.6) is 0 Å². The number of hydrogen-bond acceptors (Lipinski definition) is 4. The first-order chi connectivity index (χ1) is 16.4. The van der Waals surface area contributed by atoms with Gasteiger partial charge in [-0.15, -0.1) is 11.8 Å². The van der Waals surface area contributed by atoms with E-state index in [1.165, 1.54) is 23.9 Å². The minimum absolute atomic E-state index is 0.165. The fourth-order valence-electron chi connectivity index (χ4n) is 3.21. The third kappa shape index (κ3) is 6.50. The topological polar surface area (TPSA) is 66.5 Å². The molecule has 3 aromatic rings. The first-order valence-corrected chi connectivity index (χ1v) is 13.2. The largest absolute Gasteiger partial charge is 0.417 e. The Morgan fingerprint density at radius 1 is 1.06 bits per heavy atom. The molecule has 1 N–H and O–H groups in total. The first kappa shape index (κ1) is 26.9. The normalized spacial score (nSPS) is 11.8. The number of anilines is 2. The van der Waals surface area contributed by atoms with E-state index in [1.807, 2.05) is 6.92 Å². The number of carbonyl (C=O) groups is 1. The highest BCUT2D eigenvalue weighted by atomic mass is 35.5. The average molecular weight is 543 g/mol. The average Bonchev–Trinajstić information content (AvgIpc) is 2.79. The fraction of sp³-hybridized carbons (Fsp3) is 0.208. The van der Waals surface area contributed by atoms with Crippen molar-refractivity contribution < 1.29 is 26.4 Å². The van der Waals surface area contributed by atoms with E-state index >= 15 is 0 Å². The van der Waals surface area contributed by atoms with Gasteiger partial charge in [0.25, 0.3) is 10.0 Å². The molecule has 11 heteroatoms. The fourth-order valence-corrected chi connectivity index (χ4v) is 5.61. The van der Waals surface area contributed by atoms with Crippen LogP contribution in [0.1, 0.15) is 18.1 Å². The molecule has 0 radical (unpaired) electrons. The Hall–Kier alpha value is -2.69. The molecule has 0 saturated carbocycles. The third-order valence-corrected chi connectivity index (χ3v) is 7.97. The zero-order chi connectivity index (χ0) is 25.8. The summed E-state index contributed by atoms with van der Waals surface area (Å²) in [5.74, 6) is 0.0274. The van der Waals surface area contributed by atoms with E-state index in [0.29, 0.717) is 16.1 Å². The number of thioether (sulfide) groups is 1. The summed E-state index contributed by atoms with van der Waals surface area (Å²) in [6.07, 6.45) is -4.81. The van der Waals surface area contributed by atoms with Gasteiger partial charge in [-0.1, -0.05) is 48.4 Å². The van der Waals surface area contributed by atoms with Crippen LogP contribution in [0.2, 0.25) is 5.02 Å². The van der Waals surface area contributed by atoms with Gasteiger partial charge < -0.3 is 5.32 Å². The van der Waals surface area contributed by atoms with Crippen LogP contribution in [-0.2, 0) is 21.0 Å². The number of halogens is 4. The van der Waals surface area contributed by atoms with Gasteiger partial charge in [-0.3, -0.25) is 9.10 Å². The molecule has 0 spiro atoms. The molecule has 0 unspecified atom stereocenters. The Balaban J connectivity index is 2.04. The van der Waals surface area contributed by atoms with E-state index in [0.717, 1.165) is 28.3 Å². The lowest BCUT2D eigenvalue weighted by molar-refractivity contribution is -0.137. The van der Waals surface area contributed by atoms with Gasteiger partial charge in [-0.25, -0.2) is 8.42 Å². The molecule has 0 aliphatic rings. The van der Waals surface area contributed by atoms with Crippen molar-refractivity contribution in [2.24, 2.45) is 0 Å². The monoisotopic (exact) mass is 542 g/mol. The highest BCUT2D eigenvalue weighted by Gasteiger charge is 2.35. The molecule has 5 nitrogen and oxygen atoms in total. The highest BCUT2D eigenvalue weighted by Crippen LogP contribution is 2.38. The van der Waals surface area contributed by atoms with Crippen LogP contribution >= 0.6 is 23.4 Å². The van der Waals surface area contributed by atoms with Gasteiger partial charge in [-0.05, 0) is 55.1 Å². The summed E-state index contributed by atoms with van der Waals surface area (Å²) in [4.78, 5) is 13.6. The summed E-state index contributed by atoms with van der Waals surface area (Å²) >= 11 is 7.21. The van der Waals surface area contributed by atoms with E-state index in [4.69, 9.17) is 11.6 Å². The first-order valence-electron chi connectivity index (χ1n) is 10.4. The van der Waals surface area contributed by atoms with Crippen molar-refractivity contribution in [3.05, 3.63) is 82.9 Å². The quantitative estimate of drug-likeness (QED) is 0.325. The molecule has 0 saturated heterocycles. The number of nitrogens with zero attached hydrogens (tertiary/aromatic N) is 1. The molecule has 0 aliphatic heterocycles. The van der Waals surface area contributed by atoms with Crippen LogP contribution in [-0.4, -0.2) is 26.6 Å². The molecule has 35 heavy (non-hydrogen) atoms. The summed E-state index contributed by atoms with van der Waals surface area (Å²) in [6.45, 7) is 2.96. The Morgan fingerprint density at radius 2 is 1.71 bits per heavy atom. The summed E-state index contributed by atoms with van der Waals surface area (Å²) < 4.78 is 68.1. The summed E-state index contributed by atoms with van der Waals surface area (Å²) in [7, 11) is -4.40. The van der Waals surface area contributed by atoms with Crippen LogP contribution < -0.4 is 9.62 Å². The molecule has 0 aromatic heterocycles. The molecule has 3 aromatic carbocycles. The lowest BCUT2D eigenvalue weighted by Crippen LogP contribution is -2.38. The molecule has 0 heterocycles. The van der Waals surface area contributed by atoms with Crippen molar-refractivity contribution in [2.75, 3.05) is 21.9 Å². The number of sulfonamides is 1. The Labute approximate surface area is 211 Å². The van der Waals surface area contributed by atoms with Gasteiger partial charge in [0.05, 0.1) is 26.9 Å². The SMILES string of the molecule is CCSc1ccccc1NC(=O)CN(c1ccc(Cl)c(C(F)(F)F)c1)S(=O)(=O)c1ccc(C)cc1. The van der Waals surface area contributed by atoms with Crippen molar-refractivity contribution in [1.29, 1.82) is 0 Å². The van der Waals surface area contributed by atoms with Crippen molar-refractivity contribution in [1.82, 2.24) is 0 Å². The van der Waals surface area contributed by atoms with Crippen LogP contribution in [0, 0.1) is 6.92 Å². The number of hydrogen-bond donors (Lipinski definition) is 1. The molecular formula is C24H22ClF3N2O3S2. The molecule has 0 atom stereocenters. The Morgan fingerprint density at radius 3 is 2.34 bits per heavy atom. The van der Waals surface area contributed by atoms with E-state index in [-0.39, 0.29) is 10.6 Å². The van der Waals surface area contributed by atoms with Crippen molar-refractivity contribution >= 4 is 50.7 Å². The number of carbonyl (C=O) groups excluding carboxylic acids is 1. The zero-order valence-corrected chi connectivity index (χ0v) is 21.2. The molecule has 0 aliphatic carbocycles. The van der Waals surface area contributed by atoms with Gasteiger partial charge in [0.2, 0.25) is 5.91 Å². The van der Waals surface area contributed by atoms with Gasteiger partial charge in [0.1, 0.15) is 6.54 Å². The molecule has 186 valence electrons. The van der Waals surface area contributed by atoms with E-state index in [9.17, 15) is 26.4 Å². The van der Waals surface area contributed by atoms with Gasteiger partial charge in [0.15, 0.2) is 0 Å². The van der Waals surface area contributed by atoms with Gasteiger partial charge in [0, 0.05) is 4.90 Å². The number of aryl methyl sites for hydroxylation is 1. The lowest BCUT2D eigenvalue weighted by atomic mass is 10.2. The van der Waals surface area contributed by atoms with Crippen LogP contribution in [0.4, 0.5) is 24.5 Å². The maximum absolute atomic E-state index is 13.5. The van der Waals surface area contributed by atoms with Crippen LogP contribution in [0.15, 0.2) is 76.5 Å². The maximum Gasteiger partial charge on any atom is 0.417 e.